The molecule has 2 aliphatic heterocycles. The maximum Gasteiger partial charge on any atom is 0.0743 e. The largest absolute Gasteiger partial charge is 0.375 e. The lowest BCUT2D eigenvalue weighted by Crippen LogP contribution is -2.46. The Hall–Kier alpha value is -1.82. The van der Waals surface area contributed by atoms with Gasteiger partial charge in [-0.1, -0.05) is 6.07 Å². The molecule has 0 aromatic carbocycles. The smallest absolute Gasteiger partial charge is 0.0743 e. The van der Waals surface area contributed by atoms with Gasteiger partial charge in [0.1, 0.15) is 0 Å². The van der Waals surface area contributed by atoms with Gasteiger partial charge < -0.3 is 4.74 Å². The molecule has 2 saturated heterocycles. The Labute approximate surface area is 149 Å². The number of hydrogen-bond donors (Lipinski definition) is 0. The Morgan fingerprint density at radius 1 is 0.920 bits per heavy atom. The average Bonchev–Trinajstić information content (AvgIpc) is 2.85. The van der Waals surface area contributed by atoms with Gasteiger partial charge in [-0.15, -0.1) is 0 Å². The molecule has 0 N–H and O–H groups in total. The predicted molar refractivity (Wildman–Crippen MR) is 96.9 cm³/mol. The van der Waals surface area contributed by atoms with E-state index >= 15 is 0 Å². The quantitative estimate of drug-likeness (QED) is 0.855. The number of piperidine rings is 1. The number of pyridine rings is 2. The van der Waals surface area contributed by atoms with Crippen LogP contribution in [0.15, 0.2) is 49.1 Å². The topological polar surface area (TPSA) is 41.5 Å². The number of nitrogens with zero attached hydrogens (tertiary/aromatic N) is 4. The molecule has 2 aromatic rings. The van der Waals surface area contributed by atoms with E-state index in [0.717, 1.165) is 45.9 Å². The van der Waals surface area contributed by atoms with Gasteiger partial charge in [-0.3, -0.25) is 19.8 Å². The summed E-state index contributed by atoms with van der Waals surface area (Å²) in [7, 11) is 0. The minimum atomic E-state index is 0.355. The highest BCUT2D eigenvalue weighted by molar-refractivity contribution is 5.10. The van der Waals surface area contributed by atoms with Gasteiger partial charge >= 0.3 is 0 Å². The summed E-state index contributed by atoms with van der Waals surface area (Å²) in [5.41, 5.74) is 2.62. The highest BCUT2D eigenvalue weighted by Crippen LogP contribution is 2.25. The minimum absolute atomic E-state index is 0.355. The molecule has 0 amide bonds. The van der Waals surface area contributed by atoms with Gasteiger partial charge in [0.2, 0.25) is 0 Å². The molecule has 2 aromatic heterocycles. The van der Waals surface area contributed by atoms with Crippen molar-refractivity contribution < 1.29 is 4.74 Å². The number of aromatic nitrogens is 2. The van der Waals surface area contributed by atoms with Crippen molar-refractivity contribution in [1.82, 2.24) is 19.8 Å². The molecule has 2 fully saturated rings. The van der Waals surface area contributed by atoms with E-state index in [2.05, 4.69) is 38.0 Å². The molecule has 0 saturated carbocycles. The molecular formula is C20H26N4O. The van der Waals surface area contributed by atoms with E-state index in [1.165, 1.54) is 17.5 Å². The van der Waals surface area contributed by atoms with Crippen molar-refractivity contribution in [2.75, 3.05) is 32.8 Å². The maximum absolute atomic E-state index is 6.23. The first-order valence-electron chi connectivity index (χ1n) is 9.21. The molecule has 0 aliphatic carbocycles. The third-order valence-corrected chi connectivity index (χ3v) is 5.30. The van der Waals surface area contributed by atoms with Gasteiger partial charge in [-0.25, -0.2) is 0 Å². The van der Waals surface area contributed by atoms with Gasteiger partial charge in [-0.05, 0) is 42.3 Å². The molecule has 132 valence electrons. The summed E-state index contributed by atoms with van der Waals surface area (Å²) in [6, 6.07) is 8.39. The van der Waals surface area contributed by atoms with Crippen molar-refractivity contribution in [3.8, 4) is 0 Å². The lowest BCUT2D eigenvalue weighted by atomic mass is 9.93. The highest BCUT2D eigenvalue weighted by Gasteiger charge is 2.33. The molecule has 0 spiro atoms. The van der Waals surface area contributed by atoms with Crippen molar-refractivity contribution >= 4 is 0 Å². The molecule has 2 atom stereocenters. The summed E-state index contributed by atoms with van der Waals surface area (Å²) in [5, 5.41) is 0. The maximum atomic E-state index is 6.23. The summed E-state index contributed by atoms with van der Waals surface area (Å²) in [6.07, 6.45) is 9.12. The van der Waals surface area contributed by atoms with Crippen LogP contribution >= 0.6 is 0 Å². The lowest BCUT2D eigenvalue weighted by Gasteiger charge is -2.38. The van der Waals surface area contributed by atoms with Crippen molar-refractivity contribution in [3.05, 3.63) is 60.2 Å². The van der Waals surface area contributed by atoms with Crippen LogP contribution in [-0.2, 0) is 17.8 Å². The van der Waals surface area contributed by atoms with Crippen molar-refractivity contribution in [3.63, 3.8) is 0 Å². The van der Waals surface area contributed by atoms with Crippen molar-refractivity contribution in [2.45, 2.75) is 25.6 Å². The van der Waals surface area contributed by atoms with Gasteiger partial charge in [0.25, 0.3) is 0 Å². The summed E-state index contributed by atoms with van der Waals surface area (Å²) in [4.78, 5) is 13.4. The van der Waals surface area contributed by atoms with E-state index in [1.807, 2.05) is 30.9 Å². The predicted octanol–water partition coefficient (Wildman–Crippen LogP) is 2.20. The third kappa shape index (κ3) is 4.42. The van der Waals surface area contributed by atoms with Crippen LogP contribution in [0.2, 0.25) is 0 Å². The number of likely N-dealkylation sites (tertiary alicyclic amines) is 1. The third-order valence-electron chi connectivity index (χ3n) is 5.30. The van der Waals surface area contributed by atoms with Crippen LogP contribution in [0.3, 0.4) is 0 Å². The Morgan fingerprint density at radius 2 is 1.76 bits per heavy atom. The number of hydrogen-bond acceptors (Lipinski definition) is 5. The zero-order chi connectivity index (χ0) is 16.9. The van der Waals surface area contributed by atoms with Crippen LogP contribution in [0.5, 0.6) is 0 Å². The normalized spacial score (nSPS) is 25.3. The van der Waals surface area contributed by atoms with E-state index in [0.29, 0.717) is 12.0 Å². The van der Waals surface area contributed by atoms with E-state index in [1.54, 1.807) is 0 Å². The summed E-state index contributed by atoms with van der Waals surface area (Å²) in [5.74, 6) is 0.634. The van der Waals surface area contributed by atoms with Crippen LogP contribution < -0.4 is 0 Å². The van der Waals surface area contributed by atoms with Crippen LogP contribution in [0.25, 0.3) is 0 Å². The Bertz CT molecular complexity index is 651. The second-order valence-electron chi connectivity index (χ2n) is 7.14. The van der Waals surface area contributed by atoms with Gasteiger partial charge in [0, 0.05) is 63.4 Å². The van der Waals surface area contributed by atoms with Crippen LogP contribution in [0.1, 0.15) is 17.5 Å². The molecule has 5 nitrogen and oxygen atoms in total. The molecule has 25 heavy (non-hydrogen) atoms. The first kappa shape index (κ1) is 16.6. The molecule has 0 unspecified atom stereocenters. The minimum Gasteiger partial charge on any atom is -0.375 e. The Balaban J connectivity index is 1.34. The van der Waals surface area contributed by atoms with Crippen molar-refractivity contribution in [2.24, 2.45) is 5.92 Å². The standard InChI is InChI=1S/C20H26N4O/c1-2-18(12-22-6-1)14-23-9-5-19-15-24(10-11-25-20(19)16-23)13-17-3-7-21-8-4-17/h1-4,6-8,12,19-20H,5,9-11,13-16H2/t19-,20-/m1/s1. The van der Waals surface area contributed by atoms with Gasteiger partial charge in [0.15, 0.2) is 0 Å². The first-order valence-corrected chi connectivity index (χ1v) is 9.21. The second kappa shape index (κ2) is 8.04. The fraction of sp³-hybridized carbons (Fsp3) is 0.500. The van der Waals surface area contributed by atoms with Gasteiger partial charge in [0.05, 0.1) is 12.7 Å². The average molecular weight is 338 g/mol. The van der Waals surface area contributed by atoms with E-state index in [9.17, 15) is 0 Å². The fourth-order valence-electron chi connectivity index (χ4n) is 3.97. The first-order chi connectivity index (χ1) is 12.4. The molecule has 5 heteroatoms. The molecule has 4 heterocycles. The molecule has 2 aliphatic rings. The summed E-state index contributed by atoms with van der Waals surface area (Å²) < 4.78 is 6.23. The van der Waals surface area contributed by atoms with E-state index < -0.39 is 0 Å². The Kier molecular flexibility index (Phi) is 5.35. The number of rotatable bonds is 4. The molecule has 0 radical (unpaired) electrons. The Morgan fingerprint density at radius 3 is 2.60 bits per heavy atom. The molecular weight excluding hydrogens is 312 g/mol. The second-order valence-corrected chi connectivity index (χ2v) is 7.14. The van der Waals surface area contributed by atoms with E-state index in [4.69, 9.17) is 4.74 Å². The summed E-state index contributed by atoms with van der Waals surface area (Å²) >= 11 is 0. The molecule has 4 rings (SSSR count). The highest BCUT2D eigenvalue weighted by atomic mass is 16.5. The van der Waals surface area contributed by atoms with Crippen molar-refractivity contribution in [1.29, 1.82) is 0 Å². The SMILES string of the molecule is c1cncc(CN2CC[C@@H]3CN(Cc4ccncc4)CCO[C@@H]3C2)c1. The van der Waals surface area contributed by atoms with E-state index in [-0.39, 0.29) is 0 Å². The number of fused-ring (bicyclic) bond motifs is 1. The van der Waals surface area contributed by atoms with Crippen LogP contribution in [-0.4, -0.2) is 58.7 Å². The molecule has 0 bridgehead atoms. The monoisotopic (exact) mass is 338 g/mol. The number of ether oxygens (including phenoxy) is 1. The van der Waals surface area contributed by atoms with Gasteiger partial charge in [-0.2, -0.15) is 0 Å². The lowest BCUT2D eigenvalue weighted by molar-refractivity contribution is -0.0242. The van der Waals surface area contributed by atoms with Crippen LogP contribution in [0.4, 0.5) is 0 Å². The van der Waals surface area contributed by atoms with Crippen LogP contribution in [0, 0.1) is 5.92 Å². The zero-order valence-electron chi connectivity index (χ0n) is 14.6. The summed E-state index contributed by atoms with van der Waals surface area (Å²) in [6.45, 7) is 7.11. The fourth-order valence-corrected chi connectivity index (χ4v) is 3.97. The zero-order valence-corrected chi connectivity index (χ0v) is 14.6.